The van der Waals surface area contributed by atoms with Crippen molar-refractivity contribution in [3.8, 4) is 0 Å². The van der Waals surface area contributed by atoms with Gasteiger partial charge in [-0.1, -0.05) is 20.4 Å². The minimum absolute atomic E-state index is 0.0282. The molecule has 0 aromatic rings. The van der Waals surface area contributed by atoms with Crippen LogP contribution in [-0.2, 0) is 4.79 Å². The van der Waals surface area contributed by atoms with Gasteiger partial charge < -0.3 is 20.4 Å². The molecule has 11 atom stereocenters. The number of halogens is 1. The van der Waals surface area contributed by atoms with E-state index in [-0.39, 0.29) is 60.4 Å². The van der Waals surface area contributed by atoms with Crippen molar-refractivity contribution in [2.24, 2.45) is 17.8 Å². The summed E-state index contributed by atoms with van der Waals surface area (Å²) in [5.41, 5.74) is 6.53. The van der Waals surface area contributed by atoms with Crippen molar-refractivity contribution in [1.29, 1.82) is 0 Å². The fraction of sp³-hybridized carbons (Fsp3) is 0.862. The molecular weight excluding hydrogens is 525 g/mol. The average molecular weight is 576 g/mol. The maximum Gasteiger partial charge on any atom is 0.320 e. The van der Waals surface area contributed by atoms with Crippen molar-refractivity contribution in [2.75, 3.05) is 32.7 Å². The highest BCUT2D eigenvalue weighted by Gasteiger charge is 2.56. The Balaban J connectivity index is 1.36. The van der Waals surface area contributed by atoms with Crippen LogP contribution in [0.5, 0.6) is 0 Å². The van der Waals surface area contributed by atoms with E-state index in [9.17, 15) is 9.59 Å². The minimum atomic E-state index is -1.05. The fourth-order valence-corrected chi connectivity index (χ4v) is 9.03. The second kappa shape index (κ2) is 11.7. The van der Waals surface area contributed by atoms with Crippen molar-refractivity contribution in [3.63, 3.8) is 0 Å². The number of nitrogens with one attached hydrogen (secondary N) is 5. The van der Waals surface area contributed by atoms with Gasteiger partial charge in [0.1, 0.15) is 6.17 Å². The van der Waals surface area contributed by atoms with E-state index in [1.165, 1.54) is 6.08 Å². The molecule has 12 heteroatoms. The van der Waals surface area contributed by atoms with Crippen LogP contribution in [0.1, 0.15) is 53.4 Å². The van der Waals surface area contributed by atoms with E-state index in [4.69, 9.17) is 0 Å². The van der Waals surface area contributed by atoms with Gasteiger partial charge in [0.05, 0.1) is 30.5 Å². The summed E-state index contributed by atoms with van der Waals surface area (Å²) < 4.78 is 16.3. The summed E-state index contributed by atoms with van der Waals surface area (Å²) >= 11 is 0. The van der Waals surface area contributed by atoms with E-state index in [2.05, 4.69) is 62.1 Å². The molecule has 0 radical (unpaired) electrons. The largest absolute Gasteiger partial charge is 0.331 e. The Morgan fingerprint density at radius 1 is 1.15 bits per heavy atom. The first-order valence-electron chi connectivity index (χ1n) is 15.9. The van der Waals surface area contributed by atoms with Gasteiger partial charge in [0.25, 0.3) is 0 Å². The monoisotopic (exact) mass is 575 g/mol. The first-order valence-corrected chi connectivity index (χ1v) is 15.9. The van der Waals surface area contributed by atoms with E-state index >= 15 is 4.39 Å². The van der Waals surface area contributed by atoms with E-state index in [0.29, 0.717) is 37.9 Å². The van der Waals surface area contributed by atoms with Crippen molar-refractivity contribution >= 4 is 11.9 Å². The van der Waals surface area contributed by atoms with Gasteiger partial charge in [-0.25, -0.2) is 19.6 Å². The van der Waals surface area contributed by atoms with Crippen molar-refractivity contribution in [3.05, 3.63) is 12.7 Å². The average Bonchev–Trinajstić information content (AvgIpc) is 3.39. The third-order valence-corrected chi connectivity index (χ3v) is 10.7. The van der Waals surface area contributed by atoms with E-state index in [1.807, 2.05) is 18.7 Å². The number of hydrazine groups is 2. The van der Waals surface area contributed by atoms with Crippen LogP contribution in [0.25, 0.3) is 0 Å². The predicted molar refractivity (Wildman–Crippen MR) is 155 cm³/mol. The fourth-order valence-electron chi connectivity index (χ4n) is 9.03. The normalized spacial score (nSPS) is 44.0. The molecule has 3 amide bonds. The molecule has 0 aromatic carbocycles. The number of piperazine rings is 1. The quantitative estimate of drug-likeness (QED) is 0.311. The number of hydrogen-bond acceptors (Lipinski definition) is 8. The Hall–Kier alpha value is -1.83. The highest BCUT2D eigenvalue weighted by molar-refractivity contribution is 5.87. The van der Waals surface area contributed by atoms with E-state index in [0.717, 1.165) is 32.4 Å². The standard InChI is InChI=1S/C29H50FN9O2/c1-6-23(40)38-17(4)14-36(15-18(38)5)27-20-12-21(30)25-22-13-32-35-37(22)11-7-8-19-9-10-31-24(16(2)3)26(19)39(28(20)33-25)29(41)34-27/h6,16-22,24-28,31-33,35H,1,7-15H2,2-5H3,(H,34,41). The molecule has 0 aliphatic carbocycles. The Morgan fingerprint density at radius 2 is 1.90 bits per heavy atom. The van der Waals surface area contributed by atoms with Gasteiger partial charge in [-0.2, -0.15) is 5.53 Å². The van der Waals surface area contributed by atoms with Gasteiger partial charge in [-0.05, 0) is 64.0 Å². The maximum absolute atomic E-state index is 16.3. The Bertz CT molecular complexity index is 989. The number of nitrogens with zero attached hydrogens (tertiary/aromatic N) is 4. The molecule has 41 heavy (non-hydrogen) atoms. The molecular formula is C29H50FN9O2. The van der Waals surface area contributed by atoms with Gasteiger partial charge in [0.15, 0.2) is 0 Å². The molecule has 6 aliphatic rings. The highest BCUT2D eigenvalue weighted by Crippen LogP contribution is 2.40. The van der Waals surface area contributed by atoms with E-state index in [1.54, 1.807) is 0 Å². The molecule has 6 heterocycles. The lowest BCUT2D eigenvalue weighted by molar-refractivity contribution is -0.137. The lowest BCUT2D eigenvalue weighted by atomic mass is 9.76. The summed E-state index contributed by atoms with van der Waals surface area (Å²) in [5, 5.41) is 13.1. The molecule has 0 spiro atoms. The lowest BCUT2D eigenvalue weighted by Gasteiger charge is -2.59. The number of fused-ring (bicyclic) bond motifs is 5. The Morgan fingerprint density at radius 3 is 2.61 bits per heavy atom. The van der Waals surface area contributed by atoms with Crippen molar-refractivity contribution in [1.82, 2.24) is 46.6 Å². The molecule has 0 aromatic heterocycles. The van der Waals surface area contributed by atoms with Gasteiger partial charge in [0.2, 0.25) is 5.91 Å². The van der Waals surface area contributed by atoms with Crippen LogP contribution in [0.2, 0.25) is 0 Å². The highest BCUT2D eigenvalue weighted by atomic mass is 19.1. The van der Waals surface area contributed by atoms with Crippen LogP contribution in [0.15, 0.2) is 12.7 Å². The van der Waals surface area contributed by atoms with Gasteiger partial charge in [-0.15, -0.1) is 0 Å². The number of hydrogen-bond donors (Lipinski definition) is 5. The second-order valence-electron chi connectivity index (χ2n) is 13.6. The zero-order valence-electron chi connectivity index (χ0n) is 25.1. The van der Waals surface area contributed by atoms with Crippen LogP contribution < -0.4 is 26.9 Å². The van der Waals surface area contributed by atoms with Crippen molar-refractivity contribution < 1.29 is 14.0 Å². The molecule has 230 valence electrons. The van der Waals surface area contributed by atoms with Gasteiger partial charge >= 0.3 is 6.03 Å². The number of rotatable bonds is 3. The maximum atomic E-state index is 16.3. The molecule has 0 saturated carbocycles. The first kappa shape index (κ1) is 29.3. The molecule has 2 bridgehead atoms. The third kappa shape index (κ3) is 5.18. The van der Waals surface area contributed by atoms with Crippen molar-refractivity contribution in [2.45, 2.75) is 108 Å². The zero-order valence-corrected chi connectivity index (χ0v) is 25.1. The van der Waals surface area contributed by atoms with E-state index < -0.39 is 12.2 Å². The molecule has 11 unspecified atom stereocenters. The number of carbonyl (C=O) groups excluding carboxylic acids is 2. The molecule has 6 aliphatic heterocycles. The number of piperidine rings is 2. The minimum Gasteiger partial charge on any atom is -0.331 e. The van der Waals surface area contributed by atoms with Crippen LogP contribution in [-0.4, -0.2) is 119 Å². The molecule has 6 saturated heterocycles. The summed E-state index contributed by atoms with van der Waals surface area (Å²) in [6.45, 7) is 15.9. The number of alkyl halides is 1. The molecule has 6 fully saturated rings. The summed E-state index contributed by atoms with van der Waals surface area (Å²) in [4.78, 5) is 33.2. The first-order chi connectivity index (χ1) is 19.7. The number of urea groups is 1. The van der Waals surface area contributed by atoms with Gasteiger partial charge in [0, 0.05) is 50.2 Å². The zero-order chi connectivity index (χ0) is 29.0. The number of amides is 3. The number of carbonyl (C=O) groups is 2. The predicted octanol–water partition coefficient (Wildman–Crippen LogP) is 0.577. The summed E-state index contributed by atoms with van der Waals surface area (Å²) in [7, 11) is 0. The van der Waals surface area contributed by atoms with Crippen LogP contribution in [0, 0.1) is 17.8 Å². The SMILES string of the molecule is C=CC(=O)N1C(C)CN(C2NC(=O)N3C4NC(C(F)CC24)C2CNNN2CCCC2CCNC(C(C)C)C23)CC1C. The Kier molecular flexibility index (Phi) is 8.34. The smallest absolute Gasteiger partial charge is 0.320 e. The summed E-state index contributed by atoms with van der Waals surface area (Å²) in [6, 6.07) is -0.373. The topological polar surface area (TPSA) is 107 Å². The van der Waals surface area contributed by atoms with Crippen LogP contribution in [0.3, 0.4) is 0 Å². The Labute approximate surface area is 243 Å². The molecule has 11 nitrogen and oxygen atoms in total. The lowest BCUT2D eigenvalue weighted by Crippen LogP contribution is -2.80. The summed E-state index contributed by atoms with van der Waals surface area (Å²) in [5.74, 6) is 0.524. The summed E-state index contributed by atoms with van der Waals surface area (Å²) in [6.07, 6.45) is 3.16. The second-order valence-corrected chi connectivity index (χ2v) is 13.6. The molecule has 6 rings (SSSR count). The molecule has 5 N–H and O–H groups in total. The van der Waals surface area contributed by atoms with Crippen LogP contribution in [0.4, 0.5) is 9.18 Å². The van der Waals surface area contributed by atoms with Crippen LogP contribution >= 0.6 is 0 Å². The van der Waals surface area contributed by atoms with Gasteiger partial charge in [-0.3, -0.25) is 15.0 Å². The third-order valence-electron chi connectivity index (χ3n) is 10.7.